The number of pyridine rings is 1. The van der Waals surface area contributed by atoms with E-state index >= 15 is 0 Å². The number of amides is 1. The summed E-state index contributed by atoms with van der Waals surface area (Å²) in [5, 5.41) is 13.5. The number of nitrogen functional groups attached to an aromatic ring is 1. The fourth-order valence-electron chi connectivity index (χ4n) is 1.82. The Hall–Kier alpha value is -3.00. The van der Waals surface area contributed by atoms with Gasteiger partial charge in [-0.25, -0.2) is 0 Å². The van der Waals surface area contributed by atoms with Crippen LogP contribution in [-0.4, -0.2) is 15.8 Å². The van der Waals surface area contributed by atoms with E-state index in [1.807, 2.05) is 0 Å². The third-order valence-electron chi connectivity index (χ3n) is 2.85. The minimum Gasteiger partial charge on any atom is -0.348 e. The van der Waals surface area contributed by atoms with Gasteiger partial charge in [0.15, 0.2) is 0 Å². The molecule has 1 aromatic heterocycles. The molecule has 0 aliphatic heterocycles. The van der Waals surface area contributed by atoms with Crippen LogP contribution in [0.2, 0.25) is 0 Å². The van der Waals surface area contributed by atoms with Gasteiger partial charge in [-0.15, -0.1) is 0 Å². The predicted molar refractivity (Wildman–Crippen MR) is 76.3 cm³/mol. The zero-order valence-electron chi connectivity index (χ0n) is 10.9. The quantitative estimate of drug-likeness (QED) is 0.431. The van der Waals surface area contributed by atoms with Gasteiger partial charge < -0.3 is 10.7 Å². The number of hydrogen-bond acceptors (Lipinski definition) is 6. The highest BCUT2D eigenvalue weighted by Gasteiger charge is 2.15. The number of nitro benzene ring substituents is 1. The molecular weight excluding hydrogens is 274 g/mol. The number of benzene rings is 1. The molecule has 0 atom stereocenters. The van der Waals surface area contributed by atoms with Gasteiger partial charge in [-0.3, -0.25) is 25.7 Å². The molecule has 1 amide bonds. The van der Waals surface area contributed by atoms with Crippen LogP contribution in [0.5, 0.6) is 0 Å². The standard InChI is InChI=1S/C13H13N5O3/c14-17-11-8-15-6-5-10(11)13(19)16-7-9-3-1-2-4-12(9)18(20)21/h1-6,8,17H,7,14H2,(H,16,19). The van der Waals surface area contributed by atoms with E-state index in [4.69, 9.17) is 5.84 Å². The zero-order valence-corrected chi connectivity index (χ0v) is 10.9. The van der Waals surface area contributed by atoms with Crippen molar-refractivity contribution in [3.05, 3.63) is 64.0 Å². The molecule has 0 fully saturated rings. The summed E-state index contributed by atoms with van der Waals surface area (Å²) in [7, 11) is 0. The van der Waals surface area contributed by atoms with E-state index in [1.165, 1.54) is 24.5 Å². The van der Waals surface area contributed by atoms with Gasteiger partial charge in [-0.05, 0) is 6.07 Å². The number of anilines is 1. The van der Waals surface area contributed by atoms with Crippen molar-refractivity contribution in [2.45, 2.75) is 6.54 Å². The fourth-order valence-corrected chi connectivity index (χ4v) is 1.82. The van der Waals surface area contributed by atoms with Crippen LogP contribution < -0.4 is 16.6 Å². The van der Waals surface area contributed by atoms with Gasteiger partial charge >= 0.3 is 0 Å². The number of carbonyl (C=O) groups excluding carboxylic acids is 1. The largest absolute Gasteiger partial charge is 0.348 e. The Kier molecular flexibility index (Phi) is 4.42. The molecule has 8 heteroatoms. The Balaban J connectivity index is 2.13. The van der Waals surface area contributed by atoms with Crippen molar-refractivity contribution in [1.82, 2.24) is 10.3 Å². The van der Waals surface area contributed by atoms with Crippen molar-refractivity contribution >= 4 is 17.3 Å². The molecule has 0 unspecified atom stereocenters. The molecule has 0 saturated carbocycles. The lowest BCUT2D eigenvalue weighted by atomic mass is 10.1. The van der Waals surface area contributed by atoms with Crippen LogP contribution in [0.25, 0.3) is 0 Å². The van der Waals surface area contributed by atoms with Crippen molar-refractivity contribution < 1.29 is 9.72 Å². The normalized spacial score (nSPS) is 9.95. The Morgan fingerprint density at radius 1 is 1.33 bits per heavy atom. The third kappa shape index (κ3) is 3.31. The van der Waals surface area contributed by atoms with Gasteiger partial charge in [-0.2, -0.15) is 0 Å². The van der Waals surface area contributed by atoms with Crippen LogP contribution in [0.3, 0.4) is 0 Å². The molecule has 0 bridgehead atoms. The Bertz CT molecular complexity index is 674. The van der Waals surface area contributed by atoms with Crippen LogP contribution >= 0.6 is 0 Å². The summed E-state index contributed by atoms with van der Waals surface area (Å²) >= 11 is 0. The first kappa shape index (κ1) is 14.4. The molecule has 2 rings (SSSR count). The smallest absolute Gasteiger partial charge is 0.274 e. The molecule has 0 spiro atoms. The number of nitrogens with one attached hydrogen (secondary N) is 2. The number of rotatable bonds is 5. The van der Waals surface area contributed by atoms with E-state index in [0.717, 1.165) is 0 Å². The third-order valence-corrected chi connectivity index (χ3v) is 2.85. The minimum atomic E-state index is -0.485. The Morgan fingerprint density at radius 3 is 2.81 bits per heavy atom. The van der Waals surface area contributed by atoms with Gasteiger partial charge in [-0.1, -0.05) is 18.2 Å². The van der Waals surface area contributed by atoms with E-state index in [1.54, 1.807) is 18.2 Å². The van der Waals surface area contributed by atoms with Crippen molar-refractivity contribution in [2.24, 2.45) is 5.84 Å². The first-order valence-corrected chi connectivity index (χ1v) is 6.04. The topological polar surface area (TPSA) is 123 Å². The zero-order chi connectivity index (χ0) is 15.2. The van der Waals surface area contributed by atoms with Crippen molar-refractivity contribution in [3.8, 4) is 0 Å². The van der Waals surface area contributed by atoms with Gasteiger partial charge in [0.2, 0.25) is 0 Å². The summed E-state index contributed by atoms with van der Waals surface area (Å²) in [4.78, 5) is 26.3. The number of aromatic nitrogens is 1. The molecule has 108 valence electrons. The maximum atomic E-state index is 12.1. The number of hydrogen-bond donors (Lipinski definition) is 3. The molecule has 8 nitrogen and oxygen atoms in total. The number of carbonyl (C=O) groups is 1. The van der Waals surface area contributed by atoms with E-state index < -0.39 is 10.8 Å². The number of nitrogens with two attached hydrogens (primary N) is 1. The second-order valence-electron chi connectivity index (χ2n) is 4.13. The first-order valence-electron chi connectivity index (χ1n) is 6.04. The molecule has 0 aliphatic rings. The molecule has 2 aromatic rings. The van der Waals surface area contributed by atoms with Gasteiger partial charge in [0.25, 0.3) is 11.6 Å². The summed E-state index contributed by atoms with van der Waals surface area (Å²) in [6, 6.07) is 7.73. The van der Waals surface area contributed by atoms with Crippen LogP contribution in [-0.2, 0) is 6.54 Å². The fraction of sp³-hybridized carbons (Fsp3) is 0.0769. The number of nitro groups is 1. The van der Waals surface area contributed by atoms with Crippen LogP contribution in [0.15, 0.2) is 42.7 Å². The lowest BCUT2D eigenvalue weighted by molar-refractivity contribution is -0.385. The summed E-state index contributed by atoms with van der Waals surface area (Å²) in [5.74, 6) is 4.90. The maximum Gasteiger partial charge on any atom is 0.274 e. The highest BCUT2D eigenvalue weighted by Crippen LogP contribution is 2.18. The molecule has 0 aliphatic carbocycles. The number of nitrogens with zero attached hydrogens (tertiary/aromatic N) is 2. The average Bonchev–Trinajstić information content (AvgIpc) is 2.52. The predicted octanol–water partition coefficient (Wildman–Crippen LogP) is 1.21. The molecule has 1 heterocycles. The Labute approximate surface area is 120 Å². The van der Waals surface area contributed by atoms with Crippen LogP contribution in [0.4, 0.5) is 11.4 Å². The van der Waals surface area contributed by atoms with Crippen molar-refractivity contribution in [1.29, 1.82) is 0 Å². The highest BCUT2D eigenvalue weighted by molar-refractivity contribution is 5.99. The van der Waals surface area contributed by atoms with E-state index in [2.05, 4.69) is 15.7 Å². The summed E-state index contributed by atoms with van der Waals surface area (Å²) in [5.41, 5.74) is 3.44. The maximum absolute atomic E-state index is 12.1. The van der Waals surface area contributed by atoms with Gasteiger partial charge in [0.05, 0.1) is 22.4 Å². The highest BCUT2D eigenvalue weighted by atomic mass is 16.6. The van der Waals surface area contributed by atoms with Crippen molar-refractivity contribution in [2.75, 3.05) is 5.43 Å². The Morgan fingerprint density at radius 2 is 2.10 bits per heavy atom. The summed E-state index contributed by atoms with van der Waals surface area (Å²) in [6.07, 6.45) is 2.88. The SMILES string of the molecule is NNc1cnccc1C(=O)NCc1ccccc1[N+](=O)[O-]. The van der Waals surface area contributed by atoms with Crippen LogP contribution in [0, 0.1) is 10.1 Å². The number of hydrazine groups is 1. The molecule has 21 heavy (non-hydrogen) atoms. The van der Waals surface area contributed by atoms with Gasteiger partial charge in [0, 0.05) is 24.4 Å². The lowest BCUT2D eigenvalue weighted by Gasteiger charge is -2.09. The van der Waals surface area contributed by atoms with E-state index in [-0.39, 0.29) is 12.2 Å². The lowest BCUT2D eigenvalue weighted by Crippen LogP contribution is -2.25. The molecular formula is C13H13N5O3. The summed E-state index contributed by atoms with van der Waals surface area (Å²) in [6.45, 7) is 0.0440. The first-order chi connectivity index (χ1) is 10.1. The molecule has 0 radical (unpaired) electrons. The molecule has 4 N–H and O–H groups in total. The van der Waals surface area contributed by atoms with E-state index in [0.29, 0.717) is 16.8 Å². The van der Waals surface area contributed by atoms with Crippen LogP contribution in [0.1, 0.15) is 15.9 Å². The van der Waals surface area contributed by atoms with Gasteiger partial charge in [0.1, 0.15) is 0 Å². The molecule has 0 saturated heterocycles. The number of para-hydroxylation sites is 1. The summed E-state index contributed by atoms with van der Waals surface area (Å²) < 4.78 is 0. The second-order valence-corrected chi connectivity index (χ2v) is 4.13. The minimum absolute atomic E-state index is 0.0373. The van der Waals surface area contributed by atoms with E-state index in [9.17, 15) is 14.9 Å². The second kappa shape index (κ2) is 6.44. The monoisotopic (exact) mass is 287 g/mol. The van der Waals surface area contributed by atoms with Crippen molar-refractivity contribution in [3.63, 3.8) is 0 Å². The molecule has 1 aromatic carbocycles. The average molecular weight is 287 g/mol.